The van der Waals surface area contributed by atoms with Crippen LogP contribution in [0.15, 0.2) is 41.5 Å². The summed E-state index contributed by atoms with van der Waals surface area (Å²) in [6, 6.07) is 5.81. The Morgan fingerprint density at radius 1 is 0.911 bits per heavy atom. The zero-order valence-electron chi connectivity index (χ0n) is 30.9. The fourth-order valence-corrected chi connectivity index (χ4v) is 10.5. The van der Waals surface area contributed by atoms with Crippen molar-refractivity contribution < 1.29 is 4.74 Å². The van der Waals surface area contributed by atoms with Gasteiger partial charge in [-0.1, -0.05) is 85.6 Å². The number of anilines is 2. The fraction of sp³-hybridized carbons (Fsp3) is 0.750. The van der Waals surface area contributed by atoms with Gasteiger partial charge in [0.2, 0.25) is 0 Å². The van der Waals surface area contributed by atoms with Crippen LogP contribution in [0.5, 0.6) is 0 Å². The molecule has 5 rings (SSSR count). The van der Waals surface area contributed by atoms with Gasteiger partial charge in [-0.25, -0.2) is 0 Å². The number of ether oxygens (including phenoxy) is 1. The molecule has 4 nitrogen and oxygen atoms in total. The van der Waals surface area contributed by atoms with E-state index in [0.29, 0.717) is 28.8 Å². The van der Waals surface area contributed by atoms with Crippen LogP contribution in [0.3, 0.4) is 0 Å². The molecule has 0 saturated heterocycles. The van der Waals surface area contributed by atoms with Gasteiger partial charge < -0.3 is 16.2 Å². The molecule has 3 saturated carbocycles. The number of fused-ring (bicyclic) bond motifs is 5. The van der Waals surface area contributed by atoms with Gasteiger partial charge in [-0.3, -0.25) is 3.95 Å². The molecule has 0 amide bonds. The topological polar surface area (TPSA) is 87.3 Å². The van der Waals surface area contributed by atoms with Crippen molar-refractivity contribution in [3.05, 3.63) is 47.1 Å². The van der Waals surface area contributed by atoms with Crippen LogP contribution in [0.25, 0.3) is 0 Å². The molecule has 0 heterocycles. The Morgan fingerprint density at radius 3 is 2.13 bits per heavy atom. The van der Waals surface area contributed by atoms with Crippen LogP contribution in [0, 0.1) is 45.8 Å². The summed E-state index contributed by atoms with van der Waals surface area (Å²) in [6.45, 7) is 25.8. The lowest BCUT2D eigenvalue weighted by atomic mass is 9.44. The third kappa shape index (κ3) is 8.52. The van der Waals surface area contributed by atoms with Crippen LogP contribution in [0.4, 0.5) is 11.4 Å². The molecular formula is C40H70IN3O. The van der Waals surface area contributed by atoms with Crippen molar-refractivity contribution in [2.45, 2.75) is 147 Å². The second kappa shape index (κ2) is 17.4. The van der Waals surface area contributed by atoms with Crippen molar-refractivity contribution in [1.82, 2.24) is 0 Å². The Bertz CT molecular complexity index is 1100. The van der Waals surface area contributed by atoms with Gasteiger partial charge in [0, 0.05) is 39.7 Å². The second-order valence-electron chi connectivity index (χ2n) is 15.3. The maximum absolute atomic E-state index is 6.64. The van der Waals surface area contributed by atoms with Gasteiger partial charge in [0.05, 0.1) is 12.7 Å². The van der Waals surface area contributed by atoms with E-state index in [1.165, 1.54) is 56.9 Å². The molecule has 0 spiro atoms. The lowest BCUT2D eigenvalue weighted by molar-refractivity contribution is -0.0990. The van der Waals surface area contributed by atoms with Gasteiger partial charge in [-0.2, -0.15) is 0 Å². The Morgan fingerprint density at radius 2 is 1.53 bits per heavy atom. The van der Waals surface area contributed by atoms with Gasteiger partial charge in [0.1, 0.15) is 0 Å². The minimum Gasteiger partial charge on any atom is -0.399 e. The minimum atomic E-state index is 0.0439. The van der Waals surface area contributed by atoms with Crippen LogP contribution in [-0.4, -0.2) is 6.10 Å². The number of halogens is 1. The molecule has 8 unspecified atom stereocenters. The van der Waals surface area contributed by atoms with Crippen molar-refractivity contribution >= 4 is 34.2 Å². The first kappa shape index (κ1) is 40.1. The molecule has 258 valence electrons. The zero-order valence-corrected chi connectivity index (χ0v) is 33.1. The number of hydrogen-bond donors (Lipinski definition) is 3. The van der Waals surface area contributed by atoms with Crippen molar-refractivity contribution in [2.75, 3.05) is 11.5 Å². The molecule has 1 aromatic rings. The lowest BCUT2D eigenvalue weighted by Crippen LogP contribution is -2.55. The van der Waals surface area contributed by atoms with E-state index in [2.05, 4.69) is 64.6 Å². The van der Waals surface area contributed by atoms with Crippen molar-refractivity contribution in [3.63, 3.8) is 0 Å². The maximum Gasteiger partial charge on any atom is 0.0722 e. The molecule has 45 heavy (non-hydrogen) atoms. The molecule has 0 bridgehead atoms. The number of nitrogens with two attached hydrogens (primary N) is 3. The van der Waals surface area contributed by atoms with Gasteiger partial charge in [0.15, 0.2) is 0 Å². The van der Waals surface area contributed by atoms with Crippen LogP contribution in [-0.2, 0) is 11.3 Å². The first-order valence-electron chi connectivity index (χ1n) is 18.2. The predicted octanol–water partition coefficient (Wildman–Crippen LogP) is 11.7. The lowest BCUT2D eigenvalue weighted by Gasteiger charge is -2.61. The molecule has 4 aliphatic rings. The number of rotatable bonds is 7. The van der Waals surface area contributed by atoms with E-state index in [1.807, 2.05) is 45.9 Å². The largest absolute Gasteiger partial charge is 0.399 e. The Kier molecular flexibility index (Phi) is 15.5. The number of hydrogen-bond acceptors (Lipinski definition) is 4. The van der Waals surface area contributed by atoms with E-state index in [9.17, 15) is 0 Å². The second-order valence-corrected chi connectivity index (χ2v) is 15.3. The van der Waals surface area contributed by atoms with E-state index >= 15 is 0 Å². The first-order valence-corrected chi connectivity index (χ1v) is 19.4. The summed E-state index contributed by atoms with van der Waals surface area (Å²) in [6.07, 6.45) is 17.4. The Labute approximate surface area is 292 Å². The Hall–Kier alpha value is -1.05. The normalized spacial score (nSPS) is 33.1. The standard InChI is InChI=1S/C36H56N2O.2C2H6.H2IN/c1-23(2)9-8-10-24(3)29-12-13-30-28-11-14-32-34(4,5)33(39-22-25-19-26(37)21-27(38)20-25)16-18-36(32,7)31(28)15-17-35(29,30)6;3*1-2/h9,14,19-21,24,28-31,33H,8,10-13,15-18,22,37-38H2,1-7H3;2*1-2H3;2H2. The molecule has 0 radical (unpaired) electrons. The number of allylic oxidation sites excluding steroid dienone is 3. The SMILES string of the molecule is CC.CC.CC(C)=CCCC(C)C1CCC2C3CC=C4C(C)(C)C(OCc5cc(N)cc(N)c5)CCC4(C)C3CCC12C.NI. The monoisotopic (exact) mass is 735 g/mol. The first-order chi connectivity index (χ1) is 21.4. The zero-order chi connectivity index (χ0) is 34.2. The number of nitrogen functional groups attached to an aromatic ring is 2. The van der Waals surface area contributed by atoms with Crippen molar-refractivity contribution in [1.29, 1.82) is 0 Å². The number of benzene rings is 1. The summed E-state index contributed by atoms with van der Waals surface area (Å²) in [5.41, 5.74) is 18.6. The van der Waals surface area contributed by atoms with Gasteiger partial charge in [0.25, 0.3) is 0 Å². The average Bonchev–Trinajstić information content (AvgIpc) is 3.36. The van der Waals surface area contributed by atoms with Gasteiger partial charge in [-0.05, 0) is 136 Å². The summed E-state index contributed by atoms with van der Waals surface area (Å²) in [5, 5.41) is 0. The van der Waals surface area contributed by atoms with Crippen molar-refractivity contribution in [3.8, 4) is 0 Å². The van der Waals surface area contributed by atoms with Crippen LogP contribution < -0.4 is 15.4 Å². The van der Waals surface area contributed by atoms with E-state index in [0.717, 1.165) is 41.6 Å². The third-order valence-corrected chi connectivity index (χ3v) is 12.3. The molecule has 8 atom stereocenters. The van der Waals surface area contributed by atoms with Crippen LogP contribution >= 0.6 is 22.9 Å². The summed E-state index contributed by atoms with van der Waals surface area (Å²) in [7, 11) is 0. The Balaban J connectivity index is 0.00000111. The van der Waals surface area contributed by atoms with E-state index in [4.69, 9.17) is 16.2 Å². The summed E-state index contributed by atoms with van der Waals surface area (Å²) >= 11 is 1.65. The molecule has 6 N–H and O–H groups in total. The highest BCUT2D eigenvalue weighted by molar-refractivity contribution is 14.1. The molecule has 4 aliphatic carbocycles. The predicted molar refractivity (Wildman–Crippen MR) is 207 cm³/mol. The highest BCUT2D eigenvalue weighted by Crippen LogP contribution is 2.69. The van der Waals surface area contributed by atoms with Crippen LogP contribution in [0.2, 0.25) is 0 Å². The van der Waals surface area contributed by atoms with E-state index in [1.54, 1.807) is 28.4 Å². The molecule has 0 aliphatic heterocycles. The molecule has 0 aromatic heterocycles. The molecule has 5 heteroatoms. The molecular weight excluding hydrogens is 665 g/mol. The summed E-state index contributed by atoms with van der Waals surface area (Å²) in [4.78, 5) is 0. The maximum atomic E-state index is 6.64. The smallest absolute Gasteiger partial charge is 0.0722 e. The minimum absolute atomic E-state index is 0.0439. The fourth-order valence-electron chi connectivity index (χ4n) is 10.5. The highest BCUT2D eigenvalue weighted by Gasteiger charge is 2.61. The summed E-state index contributed by atoms with van der Waals surface area (Å²) in [5.74, 6) is 4.31. The summed E-state index contributed by atoms with van der Waals surface area (Å²) < 4.78 is 11.1. The van der Waals surface area contributed by atoms with Crippen LogP contribution in [0.1, 0.15) is 140 Å². The molecule has 1 aromatic carbocycles. The van der Waals surface area contributed by atoms with Crippen molar-refractivity contribution in [2.24, 2.45) is 49.8 Å². The van der Waals surface area contributed by atoms with E-state index < -0.39 is 0 Å². The average molecular weight is 736 g/mol. The third-order valence-electron chi connectivity index (χ3n) is 12.3. The van der Waals surface area contributed by atoms with E-state index in [-0.39, 0.29) is 11.5 Å². The van der Waals surface area contributed by atoms with Gasteiger partial charge >= 0.3 is 0 Å². The molecule has 3 fully saturated rings. The quantitative estimate of drug-likeness (QED) is 0.113. The highest BCUT2D eigenvalue weighted by atomic mass is 127. The van der Waals surface area contributed by atoms with Gasteiger partial charge in [-0.15, -0.1) is 0 Å².